The molecule has 0 aliphatic carbocycles. The first-order valence-electron chi connectivity index (χ1n) is 6.31. The van der Waals surface area contributed by atoms with E-state index in [0.29, 0.717) is 16.7 Å². The first kappa shape index (κ1) is 15.0. The van der Waals surface area contributed by atoms with Crippen LogP contribution in [-0.2, 0) is 0 Å². The van der Waals surface area contributed by atoms with E-state index in [1.165, 1.54) is 0 Å². The number of benzene rings is 1. The predicted molar refractivity (Wildman–Crippen MR) is 77.1 cm³/mol. The molecule has 0 aliphatic rings. The number of methoxy groups -OCH3 is 2. The third kappa shape index (κ3) is 3.70. The summed E-state index contributed by atoms with van der Waals surface area (Å²) in [4.78, 5) is 0. The van der Waals surface area contributed by atoms with Gasteiger partial charge in [0.1, 0.15) is 11.5 Å². The molecule has 0 atom stereocenters. The van der Waals surface area contributed by atoms with Crippen molar-refractivity contribution in [3.8, 4) is 11.5 Å². The Morgan fingerprint density at radius 1 is 1.11 bits per heavy atom. The number of hydrogen-bond acceptors (Lipinski definition) is 3. The van der Waals surface area contributed by atoms with Crippen LogP contribution in [0.25, 0.3) is 0 Å². The SMILES string of the molecule is CCC(CC)CNc1cc(OC)c(Cl)cc1OC. The molecule has 0 aromatic heterocycles. The Hall–Kier alpha value is -1.09. The quantitative estimate of drug-likeness (QED) is 0.806. The highest BCUT2D eigenvalue weighted by Crippen LogP contribution is 2.36. The predicted octanol–water partition coefficient (Wildman–Crippen LogP) is 4.21. The zero-order chi connectivity index (χ0) is 13.5. The van der Waals surface area contributed by atoms with Gasteiger partial charge in [-0.3, -0.25) is 0 Å². The summed E-state index contributed by atoms with van der Waals surface area (Å²) in [6, 6.07) is 3.65. The first-order valence-corrected chi connectivity index (χ1v) is 6.69. The van der Waals surface area contributed by atoms with Crippen molar-refractivity contribution >= 4 is 17.3 Å². The van der Waals surface area contributed by atoms with Crippen molar-refractivity contribution in [3.05, 3.63) is 17.2 Å². The van der Waals surface area contributed by atoms with Gasteiger partial charge < -0.3 is 14.8 Å². The molecule has 0 saturated heterocycles. The smallest absolute Gasteiger partial charge is 0.143 e. The van der Waals surface area contributed by atoms with Crippen molar-refractivity contribution < 1.29 is 9.47 Å². The lowest BCUT2D eigenvalue weighted by atomic mass is 10.0. The average molecular weight is 272 g/mol. The molecule has 1 rings (SSSR count). The summed E-state index contributed by atoms with van der Waals surface area (Å²) in [7, 11) is 3.25. The summed E-state index contributed by atoms with van der Waals surface area (Å²) in [5.41, 5.74) is 0.922. The summed E-state index contributed by atoms with van der Waals surface area (Å²) in [6.07, 6.45) is 2.33. The van der Waals surface area contributed by atoms with Gasteiger partial charge in [0.2, 0.25) is 0 Å². The van der Waals surface area contributed by atoms with Crippen LogP contribution >= 0.6 is 11.6 Å². The van der Waals surface area contributed by atoms with Crippen LogP contribution in [0.4, 0.5) is 5.69 Å². The zero-order valence-corrected chi connectivity index (χ0v) is 12.3. The third-order valence-corrected chi connectivity index (χ3v) is 3.51. The minimum Gasteiger partial charge on any atom is -0.495 e. The molecule has 0 unspecified atom stereocenters. The van der Waals surface area contributed by atoms with E-state index in [1.54, 1.807) is 20.3 Å². The maximum atomic E-state index is 6.06. The summed E-state index contributed by atoms with van der Waals surface area (Å²) >= 11 is 6.06. The number of rotatable bonds is 7. The topological polar surface area (TPSA) is 30.5 Å². The van der Waals surface area contributed by atoms with Crippen LogP contribution in [0.15, 0.2) is 12.1 Å². The van der Waals surface area contributed by atoms with Gasteiger partial charge in [-0.05, 0) is 5.92 Å². The molecule has 0 fully saturated rings. The first-order chi connectivity index (χ1) is 8.65. The van der Waals surface area contributed by atoms with Crippen molar-refractivity contribution in [2.45, 2.75) is 26.7 Å². The number of ether oxygens (including phenoxy) is 2. The van der Waals surface area contributed by atoms with E-state index in [-0.39, 0.29) is 0 Å². The van der Waals surface area contributed by atoms with Gasteiger partial charge in [0.15, 0.2) is 0 Å². The molecule has 1 N–H and O–H groups in total. The Labute approximate surface area is 114 Å². The van der Waals surface area contributed by atoms with Crippen LogP contribution in [-0.4, -0.2) is 20.8 Å². The molecule has 0 aliphatic heterocycles. The van der Waals surface area contributed by atoms with E-state index in [4.69, 9.17) is 21.1 Å². The molecular weight excluding hydrogens is 250 g/mol. The van der Waals surface area contributed by atoms with Crippen molar-refractivity contribution in [1.82, 2.24) is 0 Å². The van der Waals surface area contributed by atoms with E-state index in [0.717, 1.165) is 30.8 Å². The summed E-state index contributed by atoms with van der Waals surface area (Å²) < 4.78 is 10.5. The number of halogens is 1. The molecule has 1 aromatic rings. The van der Waals surface area contributed by atoms with Crippen molar-refractivity contribution in [3.63, 3.8) is 0 Å². The van der Waals surface area contributed by atoms with Crippen LogP contribution in [0.2, 0.25) is 5.02 Å². The molecule has 4 heteroatoms. The Bertz CT molecular complexity index is 378. The highest BCUT2D eigenvalue weighted by atomic mass is 35.5. The van der Waals surface area contributed by atoms with Gasteiger partial charge in [0, 0.05) is 18.7 Å². The van der Waals surface area contributed by atoms with Gasteiger partial charge in [0.25, 0.3) is 0 Å². The molecule has 0 radical (unpaired) electrons. The zero-order valence-electron chi connectivity index (χ0n) is 11.5. The lowest BCUT2D eigenvalue weighted by Crippen LogP contribution is -2.13. The van der Waals surface area contributed by atoms with Gasteiger partial charge in [-0.15, -0.1) is 0 Å². The summed E-state index contributed by atoms with van der Waals surface area (Å²) in [5.74, 6) is 2.06. The Morgan fingerprint density at radius 2 is 1.72 bits per heavy atom. The van der Waals surface area contributed by atoms with Gasteiger partial charge in [0.05, 0.1) is 24.9 Å². The molecule has 0 saturated carbocycles. The van der Waals surface area contributed by atoms with Crippen LogP contribution < -0.4 is 14.8 Å². The van der Waals surface area contributed by atoms with E-state index >= 15 is 0 Å². The third-order valence-electron chi connectivity index (χ3n) is 3.21. The van der Waals surface area contributed by atoms with Gasteiger partial charge in [-0.2, -0.15) is 0 Å². The highest BCUT2D eigenvalue weighted by molar-refractivity contribution is 6.32. The Morgan fingerprint density at radius 3 is 2.22 bits per heavy atom. The van der Waals surface area contributed by atoms with Crippen molar-refractivity contribution in [1.29, 1.82) is 0 Å². The average Bonchev–Trinajstić information content (AvgIpc) is 2.40. The van der Waals surface area contributed by atoms with Crippen molar-refractivity contribution in [2.75, 3.05) is 26.1 Å². The van der Waals surface area contributed by atoms with E-state index < -0.39 is 0 Å². The molecule has 18 heavy (non-hydrogen) atoms. The molecule has 102 valence electrons. The normalized spacial score (nSPS) is 10.6. The van der Waals surface area contributed by atoms with E-state index in [2.05, 4.69) is 19.2 Å². The molecule has 0 heterocycles. The molecule has 0 spiro atoms. The van der Waals surface area contributed by atoms with E-state index in [9.17, 15) is 0 Å². The summed E-state index contributed by atoms with van der Waals surface area (Å²) in [5, 5.41) is 3.96. The Balaban J connectivity index is 2.85. The summed E-state index contributed by atoms with van der Waals surface area (Å²) in [6.45, 7) is 5.33. The van der Waals surface area contributed by atoms with Crippen LogP contribution in [0.1, 0.15) is 26.7 Å². The second-order valence-electron chi connectivity index (χ2n) is 4.25. The second kappa shape index (κ2) is 7.37. The maximum Gasteiger partial charge on any atom is 0.143 e. The van der Waals surface area contributed by atoms with Gasteiger partial charge >= 0.3 is 0 Å². The lowest BCUT2D eigenvalue weighted by molar-refractivity contribution is 0.404. The molecule has 0 amide bonds. The molecule has 1 aromatic carbocycles. The number of nitrogens with one attached hydrogen (secondary N) is 1. The fourth-order valence-corrected chi connectivity index (χ4v) is 2.06. The highest BCUT2D eigenvalue weighted by Gasteiger charge is 2.11. The largest absolute Gasteiger partial charge is 0.495 e. The fourth-order valence-electron chi connectivity index (χ4n) is 1.83. The number of anilines is 1. The van der Waals surface area contributed by atoms with Crippen LogP contribution in [0.3, 0.4) is 0 Å². The van der Waals surface area contributed by atoms with Gasteiger partial charge in [-0.1, -0.05) is 38.3 Å². The Kier molecular flexibility index (Phi) is 6.13. The lowest BCUT2D eigenvalue weighted by Gasteiger charge is -2.17. The van der Waals surface area contributed by atoms with Crippen molar-refractivity contribution in [2.24, 2.45) is 5.92 Å². The number of hydrogen-bond donors (Lipinski definition) is 1. The molecule has 3 nitrogen and oxygen atoms in total. The minimum atomic E-state index is 0.558. The standard InChI is InChI=1S/C14H22ClNO2/c1-5-10(6-2)9-16-12-8-13(17-3)11(15)7-14(12)18-4/h7-8,10,16H,5-6,9H2,1-4H3. The molecular formula is C14H22ClNO2. The van der Waals surface area contributed by atoms with Crippen LogP contribution in [0.5, 0.6) is 11.5 Å². The fraction of sp³-hybridized carbons (Fsp3) is 0.571. The minimum absolute atomic E-state index is 0.558. The van der Waals surface area contributed by atoms with Gasteiger partial charge in [-0.25, -0.2) is 0 Å². The monoisotopic (exact) mass is 271 g/mol. The maximum absolute atomic E-state index is 6.06. The van der Waals surface area contributed by atoms with Crippen LogP contribution in [0, 0.1) is 5.92 Å². The van der Waals surface area contributed by atoms with E-state index in [1.807, 2.05) is 6.07 Å². The molecule has 0 bridgehead atoms. The second-order valence-corrected chi connectivity index (χ2v) is 4.66.